The molecular formula is C17H11F5NO+. The predicted octanol–water partition coefficient (Wildman–Crippen LogP) is 4.52. The zero-order valence-corrected chi connectivity index (χ0v) is 12.4. The van der Waals surface area contributed by atoms with Gasteiger partial charge < -0.3 is 4.74 Å². The average molecular weight is 340 g/mol. The van der Waals surface area contributed by atoms with E-state index in [4.69, 9.17) is 4.74 Å². The number of hydrogen-bond donors (Lipinski definition) is 0. The van der Waals surface area contributed by atoms with Gasteiger partial charge in [0.25, 0.3) is 12.4 Å². The first-order valence-corrected chi connectivity index (χ1v) is 6.94. The normalized spacial score (nSPS) is 14.5. The largest absolute Gasteiger partial charge is 0.435 e. The molecule has 0 saturated carbocycles. The highest BCUT2D eigenvalue weighted by atomic mass is 19.2. The highest BCUT2D eigenvalue weighted by Gasteiger charge is 2.35. The van der Waals surface area contributed by atoms with Crippen LogP contribution in [0.4, 0.5) is 27.6 Å². The lowest BCUT2D eigenvalue weighted by atomic mass is 10.1. The second-order valence-corrected chi connectivity index (χ2v) is 5.14. The lowest BCUT2D eigenvalue weighted by Crippen LogP contribution is -2.24. The Balaban J connectivity index is 2.14. The van der Waals surface area contributed by atoms with E-state index < -0.39 is 34.8 Å². The average Bonchev–Trinajstić information content (AvgIpc) is 2.60. The summed E-state index contributed by atoms with van der Waals surface area (Å²) in [6.07, 6.45) is 1.47. The molecule has 2 nitrogen and oxygen atoms in total. The maximum Gasteiger partial charge on any atom is 0.293 e. The summed E-state index contributed by atoms with van der Waals surface area (Å²) in [4.78, 5) is 0. The van der Waals surface area contributed by atoms with Crippen LogP contribution in [0.15, 0.2) is 36.4 Å². The number of nitrogens with zero attached hydrogens (tertiary/aromatic N) is 1. The van der Waals surface area contributed by atoms with Crippen LogP contribution in [0.1, 0.15) is 12.5 Å². The summed E-state index contributed by atoms with van der Waals surface area (Å²) >= 11 is 0. The maximum atomic E-state index is 13.9. The van der Waals surface area contributed by atoms with Gasteiger partial charge in [-0.3, -0.25) is 0 Å². The molecule has 0 amide bonds. The topological polar surface area (TPSA) is 12.2 Å². The molecule has 3 rings (SSSR count). The minimum Gasteiger partial charge on any atom is -0.435 e. The van der Waals surface area contributed by atoms with E-state index in [2.05, 4.69) is 0 Å². The minimum absolute atomic E-state index is 0.281. The smallest absolute Gasteiger partial charge is 0.293 e. The van der Waals surface area contributed by atoms with Gasteiger partial charge in [0, 0.05) is 18.6 Å². The maximum absolute atomic E-state index is 13.9. The number of ether oxygens (including phenoxy) is 1. The Hall–Kier alpha value is -2.70. The van der Waals surface area contributed by atoms with E-state index >= 15 is 0 Å². The Morgan fingerprint density at radius 2 is 1.38 bits per heavy atom. The van der Waals surface area contributed by atoms with E-state index in [1.165, 1.54) is 13.0 Å². The number of rotatable bonds is 2. The van der Waals surface area contributed by atoms with Gasteiger partial charge in [-0.1, -0.05) is 30.3 Å². The molecule has 7 heteroatoms. The van der Waals surface area contributed by atoms with Crippen LogP contribution in [-0.2, 0) is 4.74 Å². The van der Waals surface area contributed by atoms with Crippen LogP contribution >= 0.6 is 0 Å². The van der Waals surface area contributed by atoms with E-state index in [0.717, 1.165) is 10.1 Å². The summed E-state index contributed by atoms with van der Waals surface area (Å²) < 4.78 is 74.1. The fourth-order valence-corrected chi connectivity index (χ4v) is 2.39. The standard InChI is InChI=1S/C17H11F5NO/c1-9-7-11(10-5-3-2-4-6-10)24-8-23(9)17-15(21)13(19)12(18)14(20)16(17)22/h2-7H,8H2,1H3/q+1. The van der Waals surface area contributed by atoms with Crippen LogP contribution in [0.25, 0.3) is 5.76 Å². The lowest BCUT2D eigenvalue weighted by molar-refractivity contribution is -0.489. The quantitative estimate of drug-likeness (QED) is 0.339. The van der Waals surface area contributed by atoms with Crippen molar-refractivity contribution in [3.05, 3.63) is 71.1 Å². The summed E-state index contributed by atoms with van der Waals surface area (Å²) in [5, 5.41) is 0. The van der Waals surface area contributed by atoms with Gasteiger partial charge in [-0.15, -0.1) is 0 Å². The lowest BCUT2D eigenvalue weighted by Gasteiger charge is -2.16. The molecule has 1 aliphatic heterocycles. The van der Waals surface area contributed by atoms with Crippen molar-refractivity contribution in [2.75, 3.05) is 6.73 Å². The molecule has 24 heavy (non-hydrogen) atoms. The fraction of sp³-hybridized carbons (Fsp3) is 0.118. The zero-order valence-electron chi connectivity index (χ0n) is 12.4. The number of hydrogen-bond acceptors (Lipinski definition) is 1. The van der Waals surface area contributed by atoms with E-state index in [1.54, 1.807) is 24.3 Å². The van der Waals surface area contributed by atoms with Gasteiger partial charge in [0.15, 0.2) is 5.71 Å². The molecule has 124 valence electrons. The van der Waals surface area contributed by atoms with Gasteiger partial charge in [0.05, 0.1) is 0 Å². The van der Waals surface area contributed by atoms with Crippen molar-refractivity contribution in [3.8, 4) is 0 Å². The monoisotopic (exact) mass is 340 g/mol. The molecule has 0 fully saturated rings. The molecule has 2 aromatic carbocycles. The molecule has 0 bridgehead atoms. The van der Waals surface area contributed by atoms with Gasteiger partial charge in [0.1, 0.15) is 5.76 Å². The highest BCUT2D eigenvalue weighted by molar-refractivity contribution is 5.95. The molecule has 1 heterocycles. The number of allylic oxidation sites excluding steroid dienone is 1. The Morgan fingerprint density at radius 3 is 1.92 bits per heavy atom. The summed E-state index contributed by atoms with van der Waals surface area (Å²) in [7, 11) is 0. The van der Waals surface area contributed by atoms with Crippen molar-refractivity contribution in [2.45, 2.75) is 6.92 Å². The van der Waals surface area contributed by atoms with Crippen LogP contribution < -0.4 is 0 Å². The van der Waals surface area contributed by atoms with Crippen LogP contribution in [0.5, 0.6) is 0 Å². The molecule has 0 radical (unpaired) electrons. The Bertz CT molecular complexity index is 845. The fourth-order valence-electron chi connectivity index (χ4n) is 2.39. The summed E-state index contributed by atoms with van der Waals surface area (Å²) in [6, 6.07) is 8.92. The Kier molecular flexibility index (Phi) is 4.09. The van der Waals surface area contributed by atoms with Crippen LogP contribution in [0.2, 0.25) is 0 Å². The van der Waals surface area contributed by atoms with Gasteiger partial charge >= 0.3 is 0 Å². The van der Waals surface area contributed by atoms with Crippen LogP contribution in [0, 0.1) is 29.1 Å². The van der Waals surface area contributed by atoms with Crippen molar-refractivity contribution < 1.29 is 31.3 Å². The third kappa shape index (κ3) is 2.55. The molecule has 0 aromatic heterocycles. The molecule has 0 N–H and O–H groups in total. The van der Waals surface area contributed by atoms with E-state index in [-0.39, 0.29) is 12.4 Å². The minimum atomic E-state index is -2.19. The SMILES string of the molecule is CC1=[N+](c2c(F)c(F)c(F)c(F)c2F)COC(c2ccccc2)=C1. The van der Waals surface area contributed by atoms with Crippen molar-refractivity contribution in [3.63, 3.8) is 0 Å². The zero-order chi connectivity index (χ0) is 17.4. The summed E-state index contributed by atoms with van der Waals surface area (Å²) in [5.41, 5.74) is -0.0236. The third-order valence-electron chi connectivity index (χ3n) is 3.63. The molecule has 0 atom stereocenters. The van der Waals surface area contributed by atoms with Crippen LogP contribution in [0.3, 0.4) is 0 Å². The first-order valence-electron chi connectivity index (χ1n) is 6.94. The molecular weight excluding hydrogens is 329 g/mol. The first-order chi connectivity index (χ1) is 11.4. The third-order valence-corrected chi connectivity index (χ3v) is 3.63. The van der Waals surface area contributed by atoms with Gasteiger partial charge in [-0.05, 0) is 0 Å². The van der Waals surface area contributed by atoms with E-state index in [1.807, 2.05) is 6.07 Å². The second kappa shape index (κ2) is 6.07. The van der Waals surface area contributed by atoms with Crippen LogP contribution in [-0.4, -0.2) is 17.0 Å². The van der Waals surface area contributed by atoms with Gasteiger partial charge in [-0.2, -0.15) is 13.4 Å². The number of benzene rings is 2. The van der Waals surface area contributed by atoms with Crippen molar-refractivity contribution in [2.24, 2.45) is 0 Å². The Morgan fingerprint density at radius 1 is 0.833 bits per heavy atom. The van der Waals surface area contributed by atoms with Gasteiger partial charge in [0.2, 0.25) is 29.1 Å². The van der Waals surface area contributed by atoms with E-state index in [0.29, 0.717) is 5.76 Å². The van der Waals surface area contributed by atoms with Gasteiger partial charge in [-0.25, -0.2) is 13.2 Å². The first kappa shape index (κ1) is 16.2. The molecule has 1 aliphatic rings. The highest BCUT2D eigenvalue weighted by Crippen LogP contribution is 2.31. The Labute approximate surface area is 134 Å². The van der Waals surface area contributed by atoms with Crippen molar-refractivity contribution in [1.82, 2.24) is 0 Å². The van der Waals surface area contributed by atoms with Crippen molar-refractivity contribution in [1.29, 1.82) is 0 Å². The second-order valence-electron chi connectivity index (χ2n) is 5.14. The summed E-state index contributed by atoms with van der Waals surface area (Å²) in [6.45, 7) is 1.11. The molecule has 0 unspecified atom stereocenters. The van der Waals surface area contributed by atoms with E-state index in [9.17, 15) is 22.0 Å². The molecule has 0 saturated heterocycles. The molecule has 2 aromatic rings. The van der Waals surface area contributed by atoms with Crippen molar-refractivity contribution >= 4 is 17.2 Å². The molecule has 0 spiro atoms. The predicted molar refractivity (Wildman–Crippen MR) is 77.2 cm³/mol. The summed E-state index contributed by atoms with van der Waals surface area (Å²) in [5.74, 6) is -9.53. The molecule has 0 aliphatic carbocycles. The number of halogens is 5.